The lowest BCUT2D eigenvalue weighted by Gasteiger charge is -2.31. The number of carbonyl (C=O) groups excluding carboxylic acids is 2. The number of hydrogen-bond donors (Lipinski definition) is 1. The number of nitrogens with zero attached hydrogens (tertiary/aromatic N) is 3. The van der Waals surface area contributed by atoms with Gasteiger partial charge in [0.05, 0.1) is 11.3 Å². The molecule has 2 aliphatic rings. The van der Waals surface area contributed by atoms with Crippen LogP contribution in [0.15, 0.2) is 83.5 Å². The minimum absolute atomic E-state index is 0.000993. The summed E-state index contributed by atoms with van der Waals surface area (Å²) >= 11 is 0. The van der Waals surface area contributed by atoms with Crippen LogP contribution in [-0.2, 0) is 11.2 Å². The Morgan fingerprint density at radius 1 is 0.935 bits per heavy atom. The first-order valence-electron chi connectivity index (χ1n) is 15.3. The molecule has 3 aromatic heterocycles. The first-order valence-corrected chi connectivity index (χ1v) is 15.3. The van der Waals surface area contributed by atoms with Crippen LogP contribution in [0.5, 0.6) is 0 Å². The number of aryl methyl sites for hydroxylation is 1. The number of fused-ring (bicyclic) bond motifs is 1. The molecule has 4 heterocycles. The quantitative estimate of drug-likeness (QED) is 0.192. The zero-order chi connectivity index (χ0) is 32.0. The van der Waals surface area contributed by atoms with E-state index in [1.807, 2.05) is 24.3 Å². The maximum absolute atomic E-state index is 13.8. The van der Waals surface area contributed by atoms with E-state index in [1.165, 1.54) is 23.2 Å². The first kappa shape index (κ1) is 29.7. The first-order chi connectivity index (χ1) is 22.1. The van der Waals surface area contributed by atoms with Gasteiger partial charge in [0.15, 0.2) is 0 Å². The van der Waals surface area contributed by atoms with Crippen LogP contribution in [0, 0.1) is 11.7 Å². The smallest absolute Gasteiger partial charge is 0.255 e. The standard InChI is InChI=1S/C36H31F3N4O3/c37-26-5-1-21(2-6-26)29-17-24(31-8-3-23(20-41-31)35(45)43-13-11-36(38,39)12-14-43)15-25-16-27(46-34(25)29)7-9-32(44)30-18-28(30)22-4-10-33(40)42-19-22/h1-6,8,10,15-17,19-20,28,30H,7,9,11-14,18H2,(H2,40,42)/t28-,30+/m1/s1. The molecule has 1 saturated carbocycles. The average Bonchev–Trinajstić information content (AvgIpc) is 3.75. The average molecular weight is 625 g/mol. The number of benzene rings is 2. The summed E-state index contributed by atoms with van der Waals surface area (Å²) in [5, 5.41) is 0.799. The van der Waals surface area contributed by atoms with Gasteiger partial charge < -0.3 is 15.1 Å². The van der Waals surface area contributed by atoms with Crippen molar-refractivity contribution >= 4 is 28.5 Å². The van der Waals surface area contributed by atoms with Crippen molar-refractivity contribution in [3.05, 3.63) is 102 Å². The SMILES string of the molecule is Nc1ccc([C@H]2C[C@@H]2C(=O)CCc2cc3cc(-c4ccc(C(=O)N5CCC(F)(F)CC5)cn4)cc(-c4ccc(F)cc4)c3o2)cn1. The van der Waals surface area contributed by atoms with Gasteiger partial charge >= 0.3 is 0 Å². The van der Waals surface area contributed by atoms with Crippen LogP contribution >= 0.6 is 0 Å². The number of rotatable bonds is 8. The normalized spacial score (nSPS) is 18.9. The summed E-state index contributed by atoms with van der Waals surface area (Å²) in [4.78, 5) is 36.1. The number of furan rings is 1. The lowest BCUT2D eigenvalue weighted by atomic mass is 9.98. The predicted octanol–water partition coefficient (Wildman–Crippen LogP) is 7.45. The van der Waals surface area contributed by atoms with E-state index in [-0.39, 0.29) is 55.3 Å². The van der Waals surface area contributed by atoms with E-state index >= 15 is 0 Å². The van der Waals surface area contributed by atoms with Crippen LogP contribution < -0.4 is 5.73 Å². The van der Waals surface area contributed by atoms with Gasteiger partial charge in [-0.25, -0.2) is 18.2 Å². The van der Waals surface area contributed by atoms with Gasteiger partial charge in [-0.3, -0.25) is 14.6 Å². The van der Waals surface area contributed by atoms with E-state index in [4.69, 9.17) is 10.2 Å². The molecule has 0 unspecified atom stereocenters. The van der Waals surface area contributed by atoms with E-state index < -0.39 is 5.92 Å². The Morgan fingerprint density at radius 2 is 1.72 bits per heavy atom. The number of Topliss-reactive ketones (excluding diaryl/α,β-unsaturated/α-hetero) is 1. The lowest BCUT2D eigenvalue weighted by Crippen LogP contribution is -2.42. The monoisotopic (exact) mass is 624 g/mol. The highest BCUT2D eigenvalue weighted by Gasteiger charge is 2.43. The second-order valence-corrected chi connectivity index (χ2v) is 12.2. The zero-order valence-corrected chi connectivity index (χ0v) is 24.9. The Labute approximate surface area is 263 Å². The van der Waals surface area contributed by atoms with Crippen molar-refractivity contribution in [1.29, 1.82) is 0 Å². The molecule has 1 amide bonds. The van der Waals surface area contributed by atoms with Crippen LogP contribution in [0.25, 0.3) is 33.4 Å². The van der Waals surface area contributed by atoms with Crippen LogP contribution in [0.1, 0.15) is 53.3 Å². The van der Waals surface area contributed by atoms with Gasteiger partial charge in [-0.1, -0.05) is 18.2 Å². The molecule has 0 bridgehead atoms. The highest BCUT2D eigenvalue weighted by molar-refractivity contribution is 5.97. The van der Waals surface area contributed by atoms with Gasteiger partial charge in [-0.05, 0) is 72.0 Å². The minimum atomic E-state index is -2.74. The zero-order valence-electron chi connectivity index (χ0n) is 24.9. The second-order valence-electron chi connectivity index (χ2n) is 12.2. The fraction of sp³-hybridized carbons (Fsp3) is 0.278. The van der Waals surface area contributed by atoms with Crippen molar-refractivity contribution in [3.63, 3.8) is 0 Å². The number of carbonyl (C=O) groups is 2. The summed E-state index contributed by atoms with van der Waals surface area (Å²) < 4.78 is 47.2. The number of hydrogen-bond acceptors (Lipinski definition) is 6. The Bertz CT molecular complexity index is 1910. The summed E-state index contributed by atoms with van der Waals surface area (Å²) in [5.74, 6) is -1.99. The van der Waals surface area contributed by atoms with Gasteiger partial charge in [0.25, 0.3) is 11.8 Å². The molecular weight excluding hydrogens is 593 g/mol. The molecule has 2 N–H and O–H groups in total. The molecule has 2 fully saturated rings. The van der Waals surface area contributed by atoms with Gasteiger partial charge in [0, 0.05) is 73.6 Å². The van der Waals surface area contributed by atoms with Gasteiger partial charge in [-0.15, -0.1) is 0 Å². The Morgan fingerprint density at radius 3 is 2.41 bits per heavy atom. The largest absolute Gasteiger partial charge is 0.460 e. The number of piperidine rings is 1. The molecule has 1 saturated heterocycles. The van der Waals surface area contributed by atoms with Crippen LogP contribution in [0.2, 0.25) is 0 Å². The maximum Gasteiger partial charge on any atom is 0.255 e. The highest BCUT2D eigenvalue weighted by Crippen LogP contribution is 2.48. The molecule has 2 aromatic carbocycles. The fourth-order valence-corrected chi connectivity index (χ4v) is 6.22. The Kier molecular flexibility index (Phi) is 7.58. The number of aromatic nitrogens is 2. The number of halogens is 3. The molecule has 1 aliphatic carbocycles. The molecule has 7 nitrogen and oxygen atoms in total. The summed E-state index contributed by atoms with van der Waals surface area (Å²) in [5.41, 5.74) is 10.5. The number of anilines is 1. The molecule has 5 aromatic rings. The fourth-order valence-electron chi connectivity index (χ4n) is 6.22. The molecule has 0 radical (unpaired) electrons. The number of likely N-dealkylation sites (tertiary alicyclic amines) is 1. The van der Waals surface area contributed by atoms with Crippen LogP contribution in [-0.4, -0.2) is 45.6 Å². The van der Waals surface area contributed by atoms with E-state index in [1.54, 1.807) is 36.5 Å². The highest BCUT2D eigenvalue weighted by atomic mass is 19.3. The topological polar surface area (TPSA) is 102 Å². The molecule has 2 atom stereocenters. The van der Waals surface area contributed by atoms with E-state index in [0.29, 0.717) is 41.3 Å². The van der Waals surface area contributed by atoms with Crippen molar-refractivity contribution in [1.82, 2.24) is 14.9 Å². The molecule has 1 aliphatic heterocycles. The van der Waals surface area contributed by atoms with Gasteiger partial charge in [0.1, 0.15) is 28.8 Å². The van der Waals surface area contributed by atoms with Crippen LogP contribution in [0.4, 0.5) is 19.0 Å². The third-order valence-corrected chi connectivity index (χ3v) is 8.97. The molecule has 7 rings (SSSR count). The Balaban J connectivity index is 1.12. The summed E-state index contributed by atoms with van der Waals surface area (Å²) in [6.45, 7) is 0.00199. The van der Waals surface area contributed by atoms with Crippen molar-refractivity contribution in [3.8, 4) is 22.4 Å². The van der Waals surface area contributed by atoms with Crippen molar-refractivity contribution in [2.45, 2.75) is 43.9 Å². The molecule has 0 spiro atoms. The second kappa shape index (κ2) is 11.7. The number of ketones is 1. The van der Waals surface area contributed by atoms with Gasteiger partial charge in [0.2, 0.25) is 0 Å². The van der Waals surface area contributed by atoms with E-state index in [2.05, 4.69) is 9.97 Å². The third kappa shape index (κ3) is 6.11. The maximum atomic E-state index is 13.8. The number of alkyl halides is 2. The van der Waals surface area contributed by atoms with Crippen LogP contribution in [0.3, 0.4) is 0 Å². The number of nitrogens with two attached hydrogens (primary N) is 1. The number of amides is 1. The third-order valence-electron chi connectivity index (χ3n) is 8.97. The molecule has 46 heavy (non-hydrogen) atoms. The minimum Gasteiger partial charge on any atom is -0.460 e. The van der Waals surface area contributed by atoms with E-state index in [0.717, 1.165) is 34.1 Å². The van der Waals surface area contributed by atoms with Crippen molar-refractivity contribution < 1.29 is 27.2 Å². The summed E-state index contributed by atoms with van der Waals surface area (Å²) in [6, 6.07) is 18.9. The lowest BCUT2D eigenvalue weighted by molar-refractivity contribution is -0.120. The van der Waals surface area contributed by atoms with Crippen molar-refractivity contribution in [2.24, 2.45) is 5.92 Å². The van der Waals surface area contributed by atoms with E-state index in [9.17, 15) is 22.8 Å². The summed E-state index contributed by atoms with van der Waals surface area (Å²) in [7, 11) is 0. The predicted molar refractivity (Wildman–Crippen MR) is 168 cm³/mol. The summed E-state index contributed by atoms with van der Waals surface area (Å²) in [6.07, 6.45) is 4.08. The van der Waals surface area contributed by atoms with Gasteiger partial charge in [-0.2, -0.15) is 0 Å². The number of pyridine rings is 2. The van der Waals surface area contributed by atoms with Crippen molar-refractivity contribution in [2.75, 3.05) is 18.8 Å². The number of nitrogen functional groups attached to an aromatic ring is 1. The Hall–Kier alpha value is -4.99. The molecule has 10 heteroatoms. The molecular formula is C36H31F3N4O3. The molecule has 234 valence electrons.